The van der Waals surface area contributed by atoms with Gasteiger partial charge in [0.05, 0.1) is 11.8 Å². The predicted octanol–water partition coefficient (Wildman–Crippen LogP) is -1.30. The molecule has 0 radical (unpaired) electrons. The van der Waals surface area contributed by atoms with Crippen molar-refractivity contribution in [3.8, 4) is 5.88 Å². The van der Waals surface area contributed by atoms with Crippen molar-refractivity contribution in [1.82, 2.24) is 25.2 Å². The van der Waals surface area contributed by atoms with Crippen molar-refractivity contribution in [2.24, 2.45) is 5.73 Å². The van der Waals surface area contributed by atoms with Gasteiger partial charge in [-0.15, -0.1) is 11.8 Å². The molecule has 2 unspecified atom stereocenters. The largest absolute Gasteiger partial charge is 0.493 e. The molecule has 2 aliphatic heterocycles. The van der Waals surface area contributed by atoms with Crippen LogP contribution in [0.1, 0.15) is 22.0 Å². The Morgan fingerprint density at radius 3 is 2.42 bits per heavy atom. The summed E-state index contributed by atoms with van der Waals surface area (Å²) in [7, 11) is 0. The molecule has 5 amide bonds. The normalized spacial score (nSPS) is 18.2. The number of thioether (sulfide) groups is 1. The fourth-order valence-corrected chi connectivity index (χ4v) is 6.01. The van der Waals surface area contributed by atoms with E-state index in [1.54, 1.807) is 47.3 Å². The first-order chi connectivity index (χ1) is 20.5. The van der Waals surface area contributed by atoms with E-state index in [9.17, 15) is 39.0 Å². The molecule has 1 fully saturated rings. The number of aliphatic carboxylic acids is 1. The first kappa shape index (κ1) is 28.9. The minimum absolute atomic E-state index is 0.137. The zero-order chi connectivity index (χ0) is 30.8. The van der Waals surface area contributed by atoms with E-state index in [1.165, 1.54) is 23.9 Å². The van der Waals surface area contributed by atoms with Crippen LogP contribution in [-0.2, 0) is 20.9 Å². The second-order valence-corrected chi connectivity index (χ2v) is 10.6. The Bertz CT molecular complexity index is 1700. The van der Waals surface area contributed by atoms with Crippen molar-refractivity contribution in [1.29, 1.82) is 0 Å². The molecule has 2 aliphatic rings. The van der Waals surface area contributed by atoms with Crippen LogP contribution in [0.25, 0.3) is 0 Å². The number of rotatable bonds is 9. The van der Waals surface area contributed by atoms with E-state index in [-0.39, 0.29) is 23.6 Å². The zero-order valence-corrected chi connectivity index (χ0v) is 22.9. The van der Waals surface area contributed by atoms with Gasteiger partial charge in [0.2, 0.25) is 17.7 Å². The van der Waals surface area contributed by atoms with Gasteiger partial charge < -0.3 is 26.6 Å². The molecule has 17 heteroatoms. The second kappa shape index (κ2) is 11.7. The third-order valence-corrected chi connectivity index (χ3v) is 8.03. The summed E-state index contributed by atoms with van der Waals surface area (Å²) < 4.78 is 2.33. The molecule has 0 aliphatic carbocycles. The van der Waals surface area contributed by atoms with Crippen LogP contribution in [0.2, 0.25) is 0 Å². The van der Waals surface area contributed by atoms with Gasteiger partial charge in [0.15, 0.2) is 18.9 Å². The number of hydrogen-bond donors (Lipinski definition) is 7. The fourth-order valence-electron chi connectivity index (χ4n) is 4.67. The summed E-state index contributed by atoms with van der Waals surface area (Å²) in [5.74, 6) is -3.54. The van der Waals surface area contributed by atoms with Crippen molar-refractivity contribution in [3.05, 3.63) is 93.9 Å². The van der Waals surface area contributed by atoms with Crippen molar-refractivity contribution >= 4 is 41.5 Å². The van der Waals surface area contributed by atoms with Gasteiger partial charge in [-0.05, 0) is 5.56 Å². The monoisotopic (exact) mass is 609 g/mol. The van der Waals surface area contributed by atoms with Crippen LogP contribution in [0, 0.1) is 0 Å². The number of nitrogens with two attached hydrogens (primary N) is 1. The van der Waals surface area contributed by atoms with Crippen LogP contribution in [0.5, 0.6) is 5.88 Å². The lowest BCUT2D eigenvalue weighted by atomic mass is 10.0. The Balaban J connectivity index is 1.31. The standard InChI is InChI=1S/C26H24N8O8S/c27-20(36)14-6-8-32(9-7-14)10-15-12-43-23-18(22(38)34(23)19(15)24(39)40)29-21(37)17(13-4-2-1-3-5-13)30-25(41)31-33-11-16(35)28-26(33)42/h1-9,11,17-18,23H,10,12H2,(H7-,27,28,29,30,31,35,36,37,39,40,41,42)/p+1/t17?,18-,23?/m0/s1. The number of pyridine rings is 1. The Labute approximate surface area is 246 Å². The summed E-state index contributed by atoms with van der Waals surface area (Å²) in [4.78, 5) is 77.8. The van der Waals surface area contributed by atoms with Gasteiger partial charge in [-0.25, -0.2) is 29.1 Å². The van der Waals surface area contributed by atoms with Crippen LogP contribution < -0.4 is 32.0 Å². The highest BCUT2D eigenvalue weighted by atomic mass is 32.2. The molecule has 16 nitrogen and oxygen atoms in total. The number of benzene rings is 1. The van der Waals surface area contributed by atoms with Gasteiger partial charge in [-0.2, -0.15) is 0 Å². The first-order valence-electron chi connectivity index (χ1n) is 12.7. The average molecular weight is 610 g/mol. The smallest absolute Gasteiger partial charge is 0.352 e. The summed E-state index contributed by atoms with van der Waals surface area (Å²) >= 11 is 1.27. The van der Waals surface area contributed by atoms with E-state index in [4.69, 9.17) is 5.73 Å². The van der Waals surface area contributed by atoms with E-state index in [2.05, 4.69) is 21.0 Å². The van der Waals surface area contributed by atoms with Crippen LogP contribution >= 0.6 is 11.8 Å². The van der Waals surface area contributed by atoms with E-state index in [0.717, 1.165) is 11.1 Å². The van der Waals surface area contributed by atoms with Crippen molar-refractivity contribution < 1.29 is 38.8 Å². The number of aromatic hydroxyl groups is 1. The molecule has 4 heterocycles. The summed E-state index contributed by atoms with van der Waals surface area (Å²) in [6.45, 7) is 0.137. The maximum atomic E-state index is 13.4. The van der Waals surface area contributed by atoms with Gasteiger partial charge in [-0.3, -0.25) is 24.3 Å². The number of aromatic nitrogens is 3. The Morgan fingerprint density at radius 1 is 1.12 bits per heavy atom. The molecule has 8 N–H and O–H groups in total. The number of fused-ring (bicyclic) bond motifs is 1. The van der Waals surface area contributed by atoms with Crippen molar-refractivity contribution in [2.45, 2.75) is 24.0 Å². The van der Waals surface area contributed by atoms with Crippen LogP contribution in [-0.4, -0.2) is 71.7 Å². The van der Waals surface area contributed by atoms with Crippen molar-refractivity contribution in [3.63, 3.8) is 0 Å². The number of β-lactam (4-membered cyclic amide) rings is 1. The number of imidazole rings is 1. The number of nitrogens with zero attached hydrogens (tertiary/aromatic N) is 3. The Hall–Kier alpha value is -5.58. The van der Waals surface area contributed by atoms with Crippen LogP contribution in [0.3, 0.4) is 0 Å². The highest BCUT2D eigenvalue weighted by Crippen LogP contribution is 2.40. The third-order valence-electron chi connectivity index (χ3n) is 6.69. The van der Waals surface area contributed by atoms with Gasteiger partial charge in [0.25, 0.3) is 5.91 Å². The highest BCUT2D eigenvalue weighted by Gasteiger charge is 2.55. The fraction of sp³-hybridized carbons (Fsp3) is 0.192. The number of H-pyrrole nitrogens is 1. The number of amides is 5. The number of carbonyl (C=O) groups excluding carboxylic acids is 4. The second-order valence-electron chi connectivity index (χ2n) is 9.52. The molecule has 1 aromatic carbocycles. The molecule has 3 aromatic rings. The first-order valence-corrected chi connectivity index (χ1v) is 13.7. The maximum absolute atomic E-state index is 13.4. The Morgan fingerprint density at radius 2 is 1.81 bits per heavy atom. The molecule has 43 heavy (non-hydrogen) atoms. The molecule has 2 aromatic heterocycles. The summed E-state index contributed by atoms with van der Waals surface area (Å²) in [5, 5.41) is 23.7. The summed E-state index contributed by atoms with van der Waals surface area (Å²) in [6.07, 6.45) is 4.08. The number of primary amides is 1. The maximum Gasteiger partial charge on any atom is 0.352 e. The Kier molecular flexibility index (Phi) is 7.89. The van der Waals surface area contributed by atoms with Gasteiger partial charge >= 0.3 is 17.7 Å². The molecular weight excluding hydrogens is 584 g/mol. The number of carboxylic acid groups (broad SMARTS) is 1. The van der Waals surface area contributed by atoms with E-state index >= 15 is 0 Å². The number of hydrogen-bond acceptors (Lipinski definition) is 8. The molecule has 0 spiro atoms. The third kappa shape index (κ3) is 5.91. The van der Waals surface area contributed by atoms with Crippen LogP contribution in [0.15, 0.2) is 77.1 Å². The number of nitrogens with one attached hydrogen (secondary N) is 4. The van der Waals surface area contributed by atoms with E-state index in [0.29, 0.717) is 15.8 Å². The van der Waals surface area contributed by atoms with Gasteiger partial charge in [0, 0.05) is 23.5 Å². The molecule has 0 saturated carbocycles. The highest BCUT2D eigenvalue weighted by molar-refractivity contribution is 8.00. The van der Waals surface area contributed by atoms with Gasteiger partial charge in [0.1, 0.15) is 23.2 Å². The minimum Gasteiger partial charge on any atom is -0.493 e. The SMILES string of the molecule is NC(=O)c1cc[n+](CC2=C(C(=O)O)N3C(=O)[C@H](NC(=O)C(NC(=O)Nn4cc(O)[nH]c4=O)c4ccccc4)C3SC2)cc1. The number of urea groups is 1. The molecule has 5 rings (SSSR count). The molecule has 3 atom stereocenters. The summed E-state index contributed by atoms with van der Waals surface area (Å²) in [5.41, 5.74) is 7.54. The number of carbonyl (C=O) groups is 5. The molecule has 222 valence electrons. The topological polar surface area (TPSA) is 233 Å². The lowest BCUT2D eigenvalue weighted by molar-refractivity contribution is -0.689. The predicted molar refractivity (Wildman–Crippen MR) is 149 cm³/mol. The molecule has 1 saturated heterocycles. The van der Waals surface area contributed by atoms with Crippen LogP contribution in [0.4, 0.5) is 4.79 Å². The number of aromatic amines is 1. The lowest BCUT2D eigenvalue weighted by Crippen LogP contribution is -2.71. The van der Waals surface area contributed by atoms with E-state index < -0.39 is 58.7 Å². The zero-order valence-electron chi connectivity index (χ0n) is 22.1. The average Bonchev–Trinajstić information content (AvgIpc) is 3.30. The summed E-state index contributed by atoms with van der Waals surface area (Å²) in [6, 6.07) is 7.81. The minimum atomic E-state index is -1.31. The lowest BCUT2D eigenvalue weighted by Gasteiger charge is -2.49. The van der Waals surface area contributed by atoms with Crippen molar-refractivity contribution in [2.75, 3.05) is 11.2 Å². The molecular formula is C26H25N8O8S+. The van der Waals surface area contributed by atoms with E-state index in [1.807, 2.05) is 0 Å². The van der Waals surface area contributed by atoms with Gasteiger partial charge in [-0.1, -0.05) is 30.3 Å². The number of carboxylic acids is 1. The molecule has 0 bridgehead atoms. The quantitative estimate of drug-likeness (QED) is 0.113.